The van der Waals surface area contributed by atoms with Crippen molar-refractivity contribution in [2.45, 2.75) is 38.7 Å². The number of likely N-dealkylation sites (tertiary alicyclic amines) is 1. The predicted molar refractivity (Wildman–Crippen MR) is 92.3 cm³/mol. The molecule has 1 aromatic carbocycles. The number of anilines is 1. The van der Waals surface area contributed by atoms with Gasteiger partial charge in [-0.3, -0.25) is 14.5 Å². The zero-order valence-corrected chi connectivity index (χ0v) is 14.4. The second-order valence-corrected chi connectivity index (χ2v) is 6.27. The number of hydrogen-bond acceptors (Lipinski definition) is 5. The van der Waals surface area contributed by atoms with Crippen LogP contribution in [0.2, 0.25) is 0 Å². The molecule has 1 heterocycles. The third kappa shape index (κ3) is 5.23. The summed E-state index contributed by atoms with van der Waals surface area (Å²) in [4.78, 5) is 23.2. The first-order chi connectivity index (χ1) is 11.6. The summed E-state index contributed by atoms with van der Waals surface area (Å²) in [5, 5.41) is 2.69. The van der Waals surface area contributed by atoms with Gasteiger partial charge in [-0.2, -0.15) is 0 Å². The molecule has 0 saturated carbocycles. The van der Waals surface area contributed by atoms with Crippen LogP contribution in [-0.4, -0.2) is 50.1 Å². The summed E-state index contributed by atoms with van der Waals surface area (Å²) >= 11 is 0. The van der Waals surface area contributed by atoms with Crippen LogP contribution in [0.4, 0.5) is 5.69 Å². The second kappa shape index (κ2) is 9.27. The van der Waals surface area contributed by atoms with E-state index in [9.17, 15) is 9.59 Å². The molecule has 1 saturated heterocycles. The quantitative estimate of drug-likeness (QED) is 0.555. The molecule has 1 fully saturated rings. The molecule has 132 valence electrons. The van der Waals surface area contributed by atoms with Crippen LogP contribution in [-0.2, 0) is 14.3 Å². The van der Waals surface area contributed by atoms with Gasteiger partial charge in [-0.1, -0.05) is 6.07 Å². The van der Waals surface area contributed by atoms with Crippen LogP contribution >= 0.6 is 0 Å². The molecule has 1 amide bonds. The maximum Gasteiger partial charge on any atom is 0.293 e. The molecule has 6 heteroatoms. The Morgan fingerprint density at radius 3 is 2.67 bits per heavy atom. The lowest BCUT2D eigenvalue weighted by Gasteiger charge is -2.32. The van der Waals surface area contributed by atoms with Gasteiger partial charge < -0.3 is 14.8 Å². The highest BCUT2D eigenvalue weighted by Gasteiger charge is 2.21. The molecule has 0 spiro atoms. The number of carbonyl (C=O) groups is 2. The van der Waals surface area contributed by atoms with E-state index in [1.807, 2.05) is 26.0 Å². The van der Waals surface area contributed by atoms with Gasteiger partial charge in [0.25, 0.3) is 6.47 Å². The summed E-state index contributed by atoms with van der Waals surface area (Å²) < 4.78 is 10.6. The number of benzene rings is 1. The minimum Gasteiger partial charge on any atom is -0.489 e. The molecule has 0 unspecified atom stereocenters. The Bertz CT molecular complexity index is 540. The lowest BCUT2D eigenvalue weighted by molar-refractivity contribution is -0.129. The number of ether oxygens (including phenoxy) is 2. The first kappa shape index (κ1) is 18.3. The number of amides is 1. The van der Waals surface area contributed by atoms with Crippen LogP contribution < -0.4 is 10.1 Å². The van der Waals surface area contributed by atoms with E-state index in [-0.39, 0.29) is 6.10 Å². The number of carbonyl (C=O) groups excluding carboxylic acids is 2. The van der Waals surface area contributed by atoms with E-state index < -0.39 is 0 Å². The van der Waals surface area contributed by atoms with E-state index >= 15 is 0 Å². The van der Waals surface area contributed by atoms with Crippen molar-refractivity contribution in [1.29, 1.82) is 0 Å². The third-order valence-corrected chi connectivity index (χ3v) is 4.24. The second-order valence-electron chi connectivity index (χ2n) is 6.27. The van der Waals surface area contributed by atoms with Crippen molar-refractivity contribution in [1.82, 2.24) is 4.90 Å². The summed E-state index contributed by atoms with van der Waals surface area (Å²) in [6.45, 7) is 7.65. The Labute approximate surface area is 143 Å². The molecule has 2 rings (SSSR count). The van der Waals surface area contributed by atoms with Crippen molar-refractivity contribution >= 4 is 18.6 Å². The SMILES string of the molecule is CC(C)Oc1cc(C2CCN(CCOC=O)CC2)ccc1NC=O. The number of piperidine rings is 1. The monoisotopic (exact) mass is 334 g/mol. The van der Waals surface area contributed by atoms with Gasteiger partial charge in [-0.05, 0) is 63.4 Å². The van der Waals surface area contributed by atoms with Gasteiger partial charge in [-0.25, -0.2) is 0 Å². The number of hydrogen-bond donors (Lipinski definition) is 1. The summed E-state index contributed by atoms with van der Waals surface area (Å²) in [5.74, 6) is 1.20. The molecule has 24 heavy (non-hydrogen) atoms. The molecule has 0 aliphatic carbocycles. The largest absolute Gasteiger partial charge is 0.489 e. The smallest absolute Gasteiger partial charge is 0.293 e. The molecule has 1 aromatic rings. The number of nitrogens with one attached hydrogen (secondary N) is 1. The fraction of sp³-hybridized carbons (Fsp3) is 0.556. The number of rotatable bonds is 9. The highest BCUT2D eigenvalue weighted by Crippen LogP contribution is 2.34. The van der Waals surface area contributed by atoms with E-state index in [0.29, 0.717) is 31.1 Å². The van der Waals surface area contributed by atoms with Crippen LogP contribution in [0, 0.1) is 0 Å². The normalized spacial score (nSPS) is 16.0. The van der Waals surface area contributed by atoms with E-state index in [4.69, 9.17) is 9.47 Å². The summed E-state index contributed by atoms with van der Waals surface area (Å²) in [6.07, 6.45) is 2.83. The highest BCUT2D eigenvalue weighted by atomic mass is 16.5. The summed E-state index contributed by atoms with van der Waals surface area (Å²) in [5.41, 5.74) is 1.94. The molecule has 1 aliphatic heterocycles. The minimum atomic E-state index is 0.0483. The van der Waals surface area contributed by atoms with Crippen molar-refractivity contribution in [3.05, 3.63) is 23.8 Å². The third-order valence-electron chi connectivity index (χ3n) is 4.24. The molecule has 1 aliphatic rings. The Balaban J connectivity index is 1.99. The standard InChI is InChI=1S/C18H26N2O4/c1-14(2)24-18-11-16(3-4-17(18)19-12-21)15-5-7-20(8-6-15)9-10-23-13-22/h3-4,11-15H,5-10H2,1-2H3,(H,19,21). The van der Waals surface area contributed by atoms with Crippen LogP contribution in [0.5, 0.6) is 5.75 Å². The predicted octanol–water partition coefficient (Wildman–Crippen LogP) is 2.39. The Hall–Kier alpha value is -2.08. The van der Waals surface area contributed by atoms with Crippen molar-refractivity contribution < 1.29 is 19.1 Å². The lowest BCUT2D eigenvalue weighted by atomic mass is 9.89. The Morgan fingerprint density at radius 2 is 2.04 bits per heavy atom. The maximum atomic E-state index is 10.7. The average molecular weight is 334 g/mol. The van der Waals surface area contributed by atoms with E-state index in [1.165, 1.54) is 5.56 Å². The topological polar surface area (TPSA) is 67.9 Å². The van der Waals surface area contributed by atoms with Crippen LogP contribution in [0.25, 0.3) is 0 Å². The molecule has 0 aromatic heterocycles. The van der Waals surface area contributed by atoms with E-state index in [1.54, 1.807) is 0 Å². The van der Waals surface area contributed by atoms with Crippen molar-refractivity contribution in [2.24, 2.45) is 0 Å². The molecule has 0 radical (unpaired) electrons. The van der Waals surface area contributed by atoms with Gasteiger partial charge in [0.2, 0.25) is 6.41 Å². The fourth-order valence-electron chi connectivity index (χ4n) is 3.05. The first-order valence-electron chi connectivity index (χ1n) is 8.42. The Kier molecular flexibility index (Phi) is 7.06. The summed E-state index contributed by atoms with van der Waals surface area (Å²) in [6, 6.07) is 6.02. The van der Waals surface area contributed by atoms with Crippen molar-refractivity contribution in [3.63, 3.8) is 0 Å². The number of nitrogens with zero attached hydrogens (tertiary/aromatic N) is 1. The van der Waals surface area contributed by atoms with Crippen LogP contribution in [0.3, 0.4) is 0 Å². The first-order valence-corrected chi connectivity index (χ1v) is 8.42. The van der Waals surface area contributed by atoms with Crippen molar-refractivity contribution in [2.75, 3.05) is 31.6 Å². The molecule has 1 N–H and O–H groups in total. The van der Waals surface area contributed by atoms with Gasteiger partial charge in [-0.15, -0.1) is 0 Å². The highest BCUT2D eigenvalue weighted by molar-refractivity contribution is 5.75. The van der Waals surface area contributed by atoms with Gasteiger partial charge in [0.1, 0.15) is 12.4 Å². The van der Waals surface area contributed by atoms with Gasteiger partial charge >= 0.3 is 0 Å². The molecule has 6 nitrogen and oxygen atoms in total. The fourth-order valence-corrected chi connectivity index (χ4v) is 3.05. The van der Waals surface area contributed by atoms with E-state index in [2.05, 4.69) is 16.3 Å². The van der Waals surface area contributed by atoms with Gasteiger partial charge in [0, 0.05) is 6.54 Å². The van der Waals surface area contributed by atoms with E-state index in [0.717, 1.165) is 38.2 Å². The summed E-state index contributed by atoms with van der Waals surface area (Å²) in [7, 11) is 0. The van der Waals surface area contributed by atoms with Crippen LogP contribution in [0.1, 0.15) is 38.2 Å². The molecule has 0 bridgehead atoms. The molecular weight excluding hydrogens is 308 g/mol. The molecule has 0 atom stereocenters. The minimum absolute atomic E-state index is 0.0483. The maximum absolute atomic E-state index is 10.7. The van der Waals surface area contributed by atoms with Gasteiger partial charge in [0.15, 0.2) is 0 Å². The average Bonchev–Trinajstić information content (AvgIpc) is 2.57. The zero-order chi connectivity index (χ0) is 17.4. The van der Waals surface area contributed by atoms with Gasteiger partial charge in [0.05, 0.1) is 11.8 Å². The van der Waals surface area contributed by atoms with Crippen molar-refractivity contribution in [3.8, 4) is 5.75 Å². The van der Waals surface area contributed by atoms with Crippen LogP contribution in [0.15, 0.2) is 18.2 Å². The zero-order valence-electron chi connectivity index (χ0n) is 14.4. The molecular formula is C18H26N2O4. The Morgan fingerprint density at radius 1 is 1.29 bits per heavy atom. The lowest BCUT2D eigenvalue weighted by Crippen LogP contribution is -2.35.